The highest BCUT2D eigenvalue weighted by Crippen LogP contribution is 2.34. The minimum atomic E-state index is -3.77. The third-order valence-corrected chi connectivity index (χ3v) is 5.56. The fourth-order valence-corrected chi connectivity index (χ4v) is 4.02. The van der Waals surface area contributed by atoms with Gasteiger partial charge in [-0.05, 0) is 31.2 Å². The summed E-state index contributed by atoms with van der Waals surface area (Å²) < 4.78 is 37.5. The normalized spacial score (nSPS) is 11.1. The van der Waals surface area contributed by atoms with E-state index in [1.807, 2.05) is 0 Å². The lowest BCUT2D eigenvalue weighted by Gasteiger charge is -2.24. The van der Waals surface area contributed by atoms with Gasteiger partial charge < -0.3 is 9.47 Å². The fraction of sp³-hybridized carbons (Fsp3) is 0.250. The van der Waals surface area contributed by atoms with Crippen LogP contribution < -0.4 is 13.8 Å². The van der Waals surface area contributed by atoms with Crippen molar-refractivity contribution in [2.45, 2.75) is 11.8 Å². The second kappa shape index (κ2) is 7.10. The van der Waals surface area contributed by atoms with Crippen LogP contribution in [0.2, 0.25) is 5.02 Å². The van der Waals surface area contributed by atoms with Crippen molar-refractivity contribution in [1.82, 2.24) is 0 Å². The molecule has 2 aromatic rings. The van der Waals surface area contributed by atoms with Crippen LogP contribution in [0.25, 0.3) is 0 Å². The number of para-hydroxylation sites is 1. The zero-order valence-corrected chi connectivity index (χ0v) is 14.7. The number of ether oxygens (including phenoxy) is 2. The minimum Gasteiger partial charge on any atom is -0.493 e. The second-order valence-corrected chi connectivity index (χ2v) is 6.91. The largest absolute Gasteiger partial charge is 0.493 e. The molecule has 0 saturated carbocycles. The monoisotopic (exact) mass is 355 g/mol. The zero-order chi connectivity index (χ0) is 17.0. The lowest BCUT2D eigenvalue weighted by Crippen LogP contribution is -2.31. The molecule has 0 saturated heterocycles. The van der Waals surface area contributed by atoms with Crippen molar-refractivity contribution in [3.63, 3.8) is 0 Å². The number of anilines is 1. The van der Waals surface area contributed by atoms with Gasteiger partial charge >= 0.3 is 0 Å². The average molecular weight is 356 g/mol. The van der Waals surface area contributed by atoms with Gasteiger partial charge in [-0.2, -0.15) is 0 Å². The maximum atomic E-state index is 13.0. The van der Waals surface area contributed by atoms with Crippen LogP contribution in [0.1, 0.15) is 6.92 Å². The quantitative estimate of drug-likeness (QED) is 0.794. The zero-order valence-electron chi connectivity index (χ0n) is 13.1. The van der Waals surface area contributed by atoms with Crippen molar-refractivity contribution in [2.24, 2.45) is 0 Å². The van der Waals surface area contributed by atoms with E-state index >= 15 is 0 Å². The summed E-state index contributed by atoms with van der Waals surface area (Å²) in [5.74, 6) is 0.816. The van der Waals surface area contributed by atoms with Crippen molar-refractivity contribution in [1.29, 1.82) is 0 Å². The molecular formula is C16H18ClNO4S. The molecule has 2 rings (SSSR count). The highest BCUT2D eigenvalue weighted by molar-refractivity contribution is 7.92. The first-order valence-corrected chi connectivity index (χ1v) is 8.76. The smallest absolute Gasteiger partial charge is 0.264 e. The maximum absolute atomic E-state index is 13.0. The molecule has 5 nitrogen and oxygen atoms in total. The Morgan fingerprint density at radius 2 is 1.70 bits per heavy atom. The van der Waals surface area contributed by atoms with Gasteiger partial charge in [-0.1, -0.05) is 23.7 Å². The first kappa shape index (κ1) is 17.4. The van der Waals surface area contributed by atoms with E-state index in [0.717, 1.165) is 0 Å². The number of sulfonamides is 1. The molecule has 124 valence electrons. The van der Waals surface area contributed by atoms with Crippen LogP contribution in [-0.2, 0) is 10.0 Å². The van der Waals surface area contributed by atoms with Crippen LogP contribution in [-0.4, -0.2) is 29.2 Å². The summed E-state index contributed by atoms with van der Waals surface area (Å²) in [4.78, 5) is 0.108. The number of rotatable bonds is 6. The van der Waals surface area contributed by atoms with Gasteiger partial charge in [0.05, 0.1) is 29.8 Å². The molecule has 0 spiro atoms. The first-order valence-electron chi connectivity index (χ1n) is 6.95. The number of halogens is 1. The highest BCUT2D eigenvalue weighted by atomic mass is 35.5. The molecule has 0 aliphatic heterocycles. The predicted molar refractivity (Wildman–Crippen MR) is 91.2 cm³/mol. The number of methoxy groups -OCH3 is 2. The maximum Gasteiger partial charge on any atom is 0.264 e. The van der Waals surface area contributed by atoms with Crippen LogP contribution in [0, 0.1) is 0 Å². The van der Waals surface area contributed by atoms with E-state index in [1.54, 1.807) is 37.3 Å². The molecule has 0 bridgehead atoms. The van der Waals surface area contributed by atoms with E-state index in [1.165, 1.54) is 30.7 Å². The second-order valence-electron chi connectivity index (χ2n) is 4.64. The molecule has 0 unspecified atom stereocenters. The molecule has 23 heavy (non-hydrogen) atoms. The Kier molecular flexibility index (Phi) is 5.38. The average Bonchev–Trinajstić information content (AvgIpc) is 2.56. The van der Waals surface area contributed by atoms with Gasteiger partial charge in [-0.3, -0.25) is 4.31 Å². The summed E-state index contributed by atoms with van der Waals surface area (Å²) in [5.41, 5.74) is 0.437. The Labute approximate surface area is 141 Å². The SMILES string of the molecule is CCN(c1ccccc1Cl)S(=O)(=O)c1ccc(OC)c(OC)c1. The number of benzene rings is 2. The third-order valence-electron chi connectivity index (χ3n) is 3.35. The number of hydrogen-bond donors (Lipinski definition) is 0. The predicted octanol–water partition coefficient (Wildman–Crippen LogP) is 3.57. The molecule has 2 aromatic carbocycles. The van der Waals surface area contributed by atoms with E-state index in [9.17, 15) is 8.42 Å². The standard InChI is InChI=1S/C16H18ClNO4S/c1-4-18(14-8-6-5-7-13(14)17)23(19,20)12-9-10-15(21-2)16(11-12)22-3/h5-11H,4H2,1-3H3. The summed E-state index contributed by atoms with van der Waals surface area (Å²) in [6, 6.07) is 11.3. The summed E-state index contributed by atoms with van der Waals surface area (Å²) >= 11 is 6.15. The molecule has 7 heteroatoms. The minimum absolute atomic E-state index is 0.108. The van der Waals surface area contributed by atoms with Gasteiger partial charge in [-0.25, -0.2) is 8.42 Å². The number of hydrogen-bond acceptors (Lipinski definition) is 4. The van der Waals surface area contributed by atoms with Crippen molar-refractivity contribution < 1.29 is 17.9 Å². The van der Waals surface area contributed by atoms with E-state index in [0.29, 0.717) is 22.2 Å². The molecule has 0 aliphatic rings. The highest BCUT2D eigenvalue weighted by Gasteiger charge is 2.26. The topological polar surface area (TPSA) is 55.8 Å². The molecule has 0 radical (unpaired) electrons. The lowest BCUT2D eigenvalue weighted by atomic mass is 10.3. The Morgan fingerprint density at radius 1 is 1.04 bits per heavy atom. The van der Waals surface area contributed by atoms with Gasteiger partial charge in [0.1, 0.15) is 0 Å². The van der Waals surface area contributed by atoms with Gasteiger partial charge in [0, 0.05) is 12.6 Å². The molecule has 0 atom stereocenters. The van der Waals surface area contributed by atoms with Gasteiger partial charge in [0.25, 0.3) is 10.0 Å². The Bertz CT molecular complexity index is 792. The summed E-state index contributed by atoms with van der Waals surface area (Å²) in [6.45, 7) is 2.00. The first-order chi connectivity index (χ1) is 11.0. The number of nitrogens with zero attached hydrogens (tertiary/aromatic N) is 1. The molecule has 0 heterocycles. The summed E-state index contributed by atoms with van der Waals surface area (Å²) in [5, 5.41) is 0.374. The molecule has 0 aliphatic carbocycles. The van der Waals surface area contributed by atoms with E-state index in [-0.39, 0.29) is 11.4 Å². The Hall–Kier alpha value is -1.92. The van der Waals surface area contributed by atoms with Gasteiger partial charge in [0.15, 0.2) is 11.5 Å². The Balaban J connectivity index is 2.54. The fourth-order valence-electron chi connectivity index (χ4n) is 2.23. The summed E-state index contributed by atoms with van der Waals surface area (Å²) in [6.07, 6.45) is 0. The van der Waals surface area contributed by atoms with Gasteiger partial charge in [0.2, 0.25) is 0 Å². The van der Waals surface area contributed by atoms with Crippen LogP contribution in [0.4, 0.5) is 5.69 Å². The Morgan fingerprint density at radius 3 is 2.26 bits per heavy atom. The van der Waals surface area contributed by atoms with Crippen LogP contribution in [0.15, 0.2) is 47.4 Å². The van der Waals surface area contributed by atoms with E-state index < -0.39 is 10.0 Å². The molecule has 0 amide bonds. The van der Waals surface area contributed by atoms with Crippen molar-refractivity contribution in [2.75, 3.05) is 25.1 Å². The molecular weight excluding hydrogens is 338 g/mol. The lowest BCUT2D eigenvalue weighted by molar-refractivity contribution is 0.354. The third kappa shape index (κ3) is 3.38. The van der Waals surface area contributed by atoms with Crippen LogP contribution in [0.3, 0.4) is 0 Å². The van der Waals surface area contributed by atoms with E-state index in [4.69, 9.17) is 21.1 Å². The molecule has 0 aromatic heterocycles. The van der Waals surface area contributed by atoms with E-state index in [2.05, 4.69) is 0 Å². The molecule has 0 N–H and O–H groups in total. The van der Waals surface area contributed by atoms with Gasteiger partial charge in [-0.15, -0.1) is 0 Å². The van der Waals surface area contributed by atoms with Crippen molar-refractivity contribution in [3.05, 3.63) is 47.5 Å². The molecule has 0 fully saturated rings. The van der Waals surface area contributed by atoms with Crippen molar-refractivity contribution >= 4 is 27.3 Å². The summed E-state index contributed by atoms with van der Waals surface area (Å²) in [7, 11) is -0.819. The van der Waals surface area contributed by atoms with Crippen LogP contribution >= 0.6 is 11.6 Å². The van der Waals surface area contributed by atoms with Crippen LogP contribution in [0.5, 0.6) is 11.5 Å². The van der Waals surface area contributed by atoms with Crippen molar-refractivity contribution in [3.8, 4) is 11.5 Å².